The molecule has 0 rings (SSSR count). The van der Waals surface area contributed by atoms with Gasteiger partial charge in [0.05, 0.1) is 0 Å². The monoisotopic (exact) mass is 600 g/mol. The highest BCUT2D eigenvalue weighted by molar-refractivity contribution is 6.45. The Morgan fingerprint density at radius 3 is 0.676 bits per heavy atom. The highest BCUT2D eigenvalue weighted by atomic mass is 28.3. The third-order valence-corrected chi connectivity index (χ3v) is 15.4. The van der Waals surface area contributed by atoms with E-state index in [2.05, 4.69) is 0 Å². The van der Waals surface area contributed by atoms with Crippen LogP contribution in [0.3, 0.4) is 0 Å². The van der Waals surface area contributed by atoms with Gasteiger partial charge in [0.2, 0.25) is 0 Å². The van der Waals surface area contributed by atoms with Crippen molar-refractivity contribution in [1.29, 1.82) is 0 Å². The van der Waals surface area contributed by atoms with Gasteiger partial charge in [-0.3, -0.25) is 0 Å². The summed E-state index contributed by atoms with van der Waals surface area (Å²) in [5.74, 6) is 0. The Balaban J connectivity index is 5.24. The van der Waals surface area contributed by atoms with Gasteiger partial charge in [-0.15, -0.1) is 0 Å². The minimum Gasteiger partial charge on any atom is -0.400 e. The number of rotatable bonds is 28. The molecule has 0 N–H and O–H groups in total. The molecule has 0 saturated carbocycles. The molecule has 0 atom stereocenters. The molecule has 8 nitrogen and oxygen atoms in total. The summed E-state index contributed by atoms with van der Waals surface area (Å²) < 4.78 is 44.5. The molecule has 0 amide bonds. The SMILES string of the molecule is CO[SiH](CCCCC(CCCC[SiH](OC)OC)(CCCC[SiH](OC)OC)CCCC[SiH](OC)OC)OC. The standard InChI is InChI=1S/C25H60O8Si4/c1-26-34(27-2)21-13-9-17-25(18-10-14-22-35(28-3)29-4,19-11-15-23-36(30-5)31-6)20-12-16-24-37(32-7)33-8/h34-37H,9-24H2,1-8H3. The zero-order chi connectivity index (χ0) is 27.8. The molecule has 0 aromatic rings. The lowest BCUT2D eigenvalue weighted by molar-refractivity contribution is 0.174. The maximum atomic E-state index is 5.56. The van der Waals surface area contributed by atoms with Gasteiger partial charge in [-0.1, -0.05) is 51.4 Å². The van der Waals surface area contributed by atoms with E-state index in [1.807, 2.05) is 0 Å². The van der Waals surface area contributed by atoms with Crippen LogP contribution in [0.5, 0.6) is 0 Å². The van der Waals surface area contributed by atoms with Gasteiger partial charge in [-0.2, -0.15) is 0 Å². The van der Waals surface area contributed by atoms with Crippen LogP contribution in [-0.2, 0) is 35.4 Å². The van der Waals surface area contributed by atoms with E-state index >= 15 is 0 Å². The largest absolute Gasteiger partial charge is 0.400 e. The van der Waals surface area contributed by atoms with Crippen LogP contribution in [0.15, 0.2) is 0 Å². The molecule has 0 radical (unpaired) electrons. The van der Waals surface area contributed by atoms with Crippen molar-refractivity contribution in [3.8, 4) is 0 Å². The average molecular weight is 601 g/mol. The van der Waals surface area contributed by atoms with Gasteiger partial charge in [0.15, 0.2) is 0 Å². The fraction of sp³-hybridized carbons (Fsp3) is 1.00. The maximum absolute atomic E-state index is 5.56. The first-order chi connectivity index (χ1) is 18.0. The van der Waals surface area contributed by atoms with E-state index in [0.29, 0.717) is 5.41 Å². The van der Waals surface area contributed by atoms with E-state index in [1.165, 1.54) is 77.0 Å². The molecule has 0 aromatic heterocycles. The fourth-order valence-corrected chi connectivity index (χ4v) is 10.5. The van der Waals surface area contributed by atoms with E-state index in [0.717, 1.165) is 24.2 Å². The molecule has 0 aromatic carbocycles. The molecule has 0 spiro atoms. The Kier molecular flexibility index (Phi) is 25.9. The van der Waals surface area contributed by atoms with Crippen molar-refractivity contribution in [2.24, 2.45) is 5.41 Å². The molecule has 0 saturated heterocycles. The molecule has 0 bridgehead atoms. The van der Waals surface area contributed by atoms with Gasteiger partial charge in [0.25, 0.3) is 0 Å². The second kappa shape index (κ2) is 25.5. The Morgan fingerprint density at radius 2 is 0.514 bits per heavy atom. The Hall–Kier alpha value is 0.548. The van der Waals surface area contributed by atoms with Gasteiger partial charge in [0, 0.05) is 56.9 Å². The second-order valence-corrected chi connectivity index (χ2v) is 19.6. The molecule has 0 aliphatic rings. The number of unbranched alkanes of at least 4 members (excludes halogenated alkanes) is 4. The quantitative estimate of drug-likeness (QED) is 0.0945. The minimum absolute atomic E-state index is 0.378. The van der Waals surface area contributed by atoms with Crippen molar-refractivity contribution < 1.29 is 35.4 Å². The minimum atomic E-state index is -1.49. The smallest absolute Gasteiger partial charge is 0.320 e. The van der Waals surface area contributed by atoms with Gasteiger partial charge in [0.1, 0.15) is 0 Å². The van der Waals surface area contributed by atoms with E-state index in [4.69, 9.17) is 35.4 Å². The summed E-state index contributed by atoms with van der Waals surface area (Å²) in [5, 5.41) is 0. The molecule has 224 valence electrons. The van der Waals surface area contributed by atoms with Crippen molar-refractivity contribution in [2.75, 3.05) is 56.9 Å². The molecule has 0 heterocycles. The molecule has 0 fully saturated rings. The van der Waals surface area contributed by atoms with E-state index in [-0.39, 0.29) is 0 Å². The highest BCUT2D eigenvalue weighted by Crippen LogP contribution is 2.42. The maximum Gasteiger partial charge on any atom is 0.320 e. The van der Waals surface area contributed by atoms with Gasteiger partial charge < -0.3 is 35.4 Å². The summed E-state index contributed by atoms with van der Waals surface area (Å²) in [4.78, 5) is 0. The molecule has 0 aliphatic carbocycles. The number of hydrogen-bond acceptors (Lipinski definition) is 8. The zero-order valence-corrected chi connectivity index (χ0v) is 30.0. The summed E-state index contributed by atoms with van der Waals surface area (Å²) in [6, 6.07) is 4.34. The van der Waals surface area contributed by atoms with Gasteiger partial charge >= 0.3 is 37.1 Å². The van der Waals surface area contributed by atoms with Crippen molar-refractivity contribution >= 4 is 37.1 Å². The Morgan fingerprint density at radius 1 is 0.324 bits per heavy atom. The number of hydrogen-bond donors (Lipinski definition) is 0. The van der Waals surface area contributed by atoms with Crippen LogP contribution in [-0.4, -0.2) is 94.0 Å². The topological polar surface area (TPSA) is 73.8 Å². The Bertz CT molecular complexity index is 394. The lowest BCUT2D eigenvalue weighted by atomic mass is 9.71. The van der Waals surface area contributed by atoms with E-state index < -0.39 is 37.1 Å². The van der Waals surface area contributed by atoms with Crippen LogP contribution in [0, 0.1) is 5.41 Å². The van der Waals surface area contributed by atoms with Crippen LogP contribution < -0.4 is 0 Å². The van der Waals surface area contributed by atoms with Crippen molar-refractivity contribution in [3.63, 3.8) is 0 Å². The lowest BCUT2D eigenvalue weighted by Gasteiger charge is -2.35. The van der Waals surface area contributed by atoms with Gasteiger partial charge in [-0.25, -0.2) is 0 Å². The first-order valence-corrected chi connectivity index (χ1v) is 21.2. The first kappa shape index (κ1) is 37.5. The molecule has 12 heteroatoms. The fourth-order valence-electron chi connectivity index (χ4n) is 5.32. The predicted molar refractivity (Wildman–Crippen MR) is 162 cm³/mol. The Labute approximate surface area is 235 Å². The average Bonchev–Trinajstić information content (AvgIpc) is 2.93. The molecule has 0 aliphatic heterocycles. The molecule has 0 unspecified atom stereocenters. The summed E-state index contributed by atoms with van der Waals surface area (Å²) >= 11 is 0. The highest BCUT2D eigenvalue weighted by Gasteiger charge is 2.29. The van der Waals surface area contributed by atoms with E-state index in [1.54, 1.807) is 56.9 Å². The summed E-state index contributed by atoms with van der Waals surface area (Å²) in [6.07, 6.45) is 14.8. The summed E-state index contributed by atoms with van der Waals surface area (Å²) in [7, 11) is 8.35. The third-order valence-electron chi connectivity index (χ3n) is 7.69. The molecule has 37 heavy (non-hydrogen) atoms. The van der Waals surface area contributed by atoms with E-state index in [9.17, 15) is 0 Å². The second-order valence-electron chi connectivity index (χ2n) is 10.1. The normalized spacial score (nSPS) is 12.6. The molecular weight excluding hydrogens is 541 g/mol. The van der Waals surface area contributed by atoms with Crippen LogP contribution in [0.2, 0.25) is 24.2 Å². The van der Waals surface area contributed by atoms with Crippen LogP contribution in [0.1, 0.15) is 77.0 Å². The summed E-state index contributed by atoms with van der Waals surface area (Å²) in [6.45, 7) is 0. The van der Waals surface area contributed by atoms with Crippen molar-refractivity contribution in [3.05, 3.63) is 0 Å². The van der Waals surface area contributed by atoms with Crippen LogP contribution in [0.25, 0.3) is 0 Å². The first-order valence-electron chi connectivity index (χ1n) is 14.2. The van der Waals surface area contributed by atoms with Crippen LogP contribution >= 0.6 is 0 Å². The van der Waals surface area contributed by atoms with Crippen LogP contribution in [0.4, 0.5) is 0 Å². The molecular formula is C25H60O8Si4. The third kappa shape index (κ3) is 18.5. The van der Waals surface area contributed by atoms with Crippen molar-refractivity contribution in [1.82, 2.24) is 0 Å². The zero-order valence-electron chi connectivity index (χ0n) is 25.4. The van der Waals surface area contributed by atoms with Gasteiger partial charge in [-0.05, 0) is 55.3 Å². The predicted octanol–water partition coefficient (Wildman–Crippen LogP) is 4.71. The summed E-state index contributed by atoms with van der Waals surface area (Å²) in [5.41, 5.74) is 0.378. The van der Waals surface area contributed by atoms with Crippen molar-refractivity contribution in [2.45, 2.75) is 101 Å². The lowest BCUT2D eigenvalue weighted by Crippen LogP contribution is -2.24.